The van der Waals surface area contributed by atoms with Gasteiger partial charge in [0.2, 0.25) is 0 Å². The molecule has 0 aliphatic carbocycles. The van der Waals surface area contributed by atoms with E-state index in [0.717, 1.165) is 20.1 Å². The molecule has 0 amide bonds. The van der Waals surface area contributed by atoms with Crippen LogP contribution in [0.2, 0.25) is 0 Å². The molecular weight excluding hydrogens is 400 g/mol. The lowest BCUT2D eigenvalue weighted by atomic mass is 10.1. The number of aromatic nitrogens is 3. The van der Waals surface area contributed by atoms with Gasteiger partial charge in [0.15, 0.2) is 0 Å². The molecule has 0 bridgehead atoms. The molecule has 1 aliphatic heterocycles. The summed E-state index contributed by atoms with van der Waals surface area (Å²) >= 11 is 1.39. The third-order valence-corrected chi connectivity index (χ3v) is 5.67. The highest BCUT2D eigenvalue weighted by Crippen LogP contribution is 2.37. The Morgan fingerprint density at radius 2 is 2.28 bits per heavy atom. The maximum Gasteiger partial charge on any atom is 0.346 e. The summed E-state index contributed by atoms with van der Waals surface area (Å²) in [5.41, 5.74) is 6.57. The number of nitrogens with zero attached hydrogens (tertiary/aromatic N) is 3. The Kier molecular flexibility index (Phi) is 5.45. The van der Waals surface area contributed by atoms with Gasteiger partial charge in [-0.05, 0) is 23.8 Å². The predicted octanol–water partition coefficient (Wildman–Crippen LogP) is 2.58. The molecule has 0 spiro atoms. The molecule has 3 aromatic rings. The molecule has 0 saturated carbocycles. The van der Waals surface area contributed by atoms with Crippen LogP contribution < -0.4 is 21.5 Å². The average Bonchev–Trinajstić information content (AvgIpc) is 3.33. The van der Waals surface area contributed by atoms with Crippen molar-refractivity contribution in [1.29, 1.82) is 0 Å². The van der Waals surface area contributed by atoms with Crippen molar-refractivity contribution in [3.63, 3.8) is 0 Å². The van der Waals surface area contributed by atoms with Gasteiger partial charge in [0.25, 0.3) is 0 Å². The number of fused-ring (bicyclic) bond motifs is 1. The summed E-state index contributed by atoms with van der Waals surface area (Å²) in [4.78, 5) is 14.0. The van der Waals surface area contributed by atoms with Crippen molar-refractivity contribution in [2.45, 2.75) is 13.1 Å². The van der Waals surface area contributed by atoms with E-state index in [1.165, 1.54) is 28.3 Å². The summed E-state index contributed by atoms with van der Waals surface area (Å²) in [5, 5.41) is 7.20. The van der Waals surface area contributed by atoms with Crippen LogP contribution in [0, 0.1) is 5.82 Å². The number of hydrogen-bond acceptors (Lipinski definition) is 6. The lowest BCUT2D eigenvalue weighted by Crippen LogP contribution is -2.26. The van der Waals surface area contributed by atoms with E-state index in [1.54, 1.807) is 6.07 Å². The summed E-state index contributed by atoms with van der Waals surface area (Å²) < 4.78 is 35.3. The number of thiophene rings is 1. The zero-order chi connectivity index (χ0) is 20.4. The molecule has 152 valence electrons. The quantitative estimate of drug-likeness (QED) is 0.641. The second-order valence-electron chi connectivity index (χ2n) is 6.54. The van der Waals surface area contributed by atoms with Crippen LogP contribution in [0.1, 0.15) is 4.88 Å². The average molecular weight is 419 g/mol. The van der Waals surface area contributed by atoms with Gasteiger partial charge < -0.3 is 15.8 Å². The first-order valence-corrected chi connectivity index (χ1v) is 9.80. The van der Waals surface area contributed by atoms with Crippen LogP contribution in [-0.2, 0) is 13.1 Å². The minimum absolute atomic E-state index is 0.00390. The topological polar surface area (TPSA) is 87.1 Å². The van der Waals surface area contributed by atoms with E-state index in [-0.39, 0.29) is 36.7 Å². The van der Waals surface area contributed by atoms with Crippen molar-refractivity contribution in [2.75, 3.05) is 25.0 Å². The Morgan fingerprint density at radius 3 is 3.07 bits per heavy atom. The summed E-state index contributed by atoms with van der Waals surface area (Å²) in [6.45, 7) is 1.48. The van der Waals surface area contributed by atoms with E-state index in [2.05, 4.69) is 10.4 Å². The molecule has 0 fully saturated rings. The molecule has 0 radical (unpaired) electrons. The molecule has 7 nitrogen and oxygen atoms in total. The van der Waals surface area contributed by atoms with Crippen molar-refractivity contribution in [3.8, 4) is 16.2 Å². The number of nitrogens with two attached hydrogens (primary N) is 1. The molecule has 2 aromatic heterocycles. The lowest BCUT2D eigenvalue weighted by molar-refractivity contribution is 0.321. The number of anilines is 1. The van der Waals surface area contributed by atoms with Gasteiger partial charge in [-0.2, -0.15) is 5.10 Å². The Hall–Kier alpha value is -2.98. The van der Waals surface area contributed by atoms with Gasteiger partial charge in [-0.1, -0.05) is 0 Å². The molecule has 1 aliphatic rings. The van der Waals surface area contributed by atoms with Crippen LogP contribution >= 0.6 is 11.3 Å². The molecule has 3 heterocycles. The van der Waals surface area contributed by atoms with Gasteiger partial charge in [-0.3, -0.25) is 4.57 Å². The molecule has 29 heavy (non-hydrogen) atoms. The summed E-state index contributed by atoms with van der Waals surface area (Å²) in [6.07, 6.45) is 1.79. The van der Waals surface area contributed by atoms with Crippen molar-refractivity contribution >= 4 is 17.0 Å². The van der Waals surface area contributed by atoms with Crippen molar-refractivity contribution in [1.82, 2.24) is 14.3 Å². The van der Waals surface area contributed by atoms with Gasteiger partial charge in [-0.25, -0.2) is 18.3 Å². The molecule has 10 heteroatoms. The molecule has 0 atom stereocenters. The Labute approximate surface area is 169 Å². The normalized spacial score (nSPS) is 13.7. The second-order valence-corrected chi connectivity index (χ2v) is 7.71. The fraction of sp³-hybridized carbons (Fsp3) is 0.263. The third kappa shape index (κ3) is 3.94. The van der Waals surface area contributed by atoms with Crippen molar-refractivity contribution < 1.29 is 13.5 Å². The number of hydrogen-bond donors (Lipinski definition) is 2. The molecule has 0 saturated heterocycles. The van der Waals surface area contributed by atoms with E-state index in [1.807, 2.05) is 12.1 Å². The van der Waals surface area contributed by atoms with Gasteiger partial charge in [0.05, 0.1) is 25.1 Å². The number of nitrogens with one attached hydrogen (secondary N) is 1. The third-order valence-electron chi connectivity index (χ3n) is 4.56. The van der Waals surface area contributed by atoms with Crippen LogP contribution in [-0.4, -0.2) is 34.0 Å². The number of rotatable bonds is 6. The second kappa shape index (κ2) is 8.18. The number of ether oxygens (including phenoxy) is 1. The number of benzene rings is 1. The van der Waals surface area contributed by atoms with E-state index < -0.39 is 0 Å². The summed E-state index contributed by atoms with van der Waals surface area (Å²) in [6, 6.07) is 6.79. The minimum Gasteiger partial charge on any atom is -0.489 e. The predicted molar refractivity (Wildman–Crippen MR) is 108 cm³/mol. The Morgan fingerprint density at radius 1 is 1.41 bits per heavy atom. The fourth-order valence-corrected chi connectivity index (χ4v) is 4.07. The summed E-state index contributed by atoms with van der Waals surface area (Å²) in [5.74, 6) is 0.144. The smallest absolute Gasteiger partial charge is 0.346 e. The minimum atomic E-state index is -0.367. The zero-order valence-electron chi connectivity index (χ0n) is 15.4. The first-order valence-electron chi connectivity index (χ1n) is 8.98. The van der Waals surface area contributed by atoms with Crippen LogP contribution in [0.25, 0.3) is 10.4 Å². The lowest BCUT2D eigenvalue weighted by Gasteiger charge is -2.20. The van der Waals surface area contributed by atoms with Crippen LogP contribution in [0.5, 0.6) is 5.75 Å². The van der Waals surface area contributed by atoms with Crippen LogP contribution in [0.15, 0.2) is 47.3 Å². The maximum absolute atomic E-state index is 14.5. The molecule has 1 aromatic carbocycles. The van der Waals surface area contributed by atoms with Crippen LogP contribution in [0.4, 0.5) is 14.5 Å². The molecule has 3 N–H and O–H groups in total. The van der Waals surface area contributed by atoms with E-state index in [0.29, 0.717) is 30.8 Å². The van der Waals surface area contributed by atoms with Crippen LogP contribution in [0.3, 0.4) is 0 Å². The summed E-state index contributed by atoms with van der Waals surface area (Å²) in [7, 11) is 0. The Balaban J connectivity index is 1.55. The fourth-order valence-electron chi connectivity index (χ4n) is 3.05. The maximum atomic E-state index is 14.5. The number of halogens is 2. The van der Waals surface area contributed by atoms with Crippen molar-refractivity contribution in [3.05, 3.63) is 63.7 Å². The first kappa shape index (κ1) is 19.3. The standard InChI is InChI=1S/C19H19F2N5O2S/c20-7-12(8-22)9-26-19(27)25(11-24-26)10-13-1-2-18(29-13)14-5-16-17(6-15(14)21)28-4-3-23-16/h1-2,5-7,11,23H,3-4,8-10,22H2/b12-7+. The SMILES string of the molecule is NC/C(=C\F)Cn1ncn(Cc2ccc(-c3cc4c(cc3F)OCCN4)s2)c1=O. The highest BCUT2D eigenvalue weighted by Gasteiger charge is 2.17. The van der Waals surface area contributed by atoms with E-state index in [4.69, 9.17) is 10.5 Å². The van der Waals surface area contributed by atoms with Gasteiger partial charge in [0.1, 0.15) is 24.5 Å². The van der Waals surface area contributed by atoms with Gasteiger partial charge in [-0.15, -0.1) is 11.3 Å². The molecular formula is C19H19F2N5O2S. The molecule has 0 unspecified atom stereocenters. The first-order chi connectivity index (χ1) is 14.1. The highest BCUT2D eigenvalue weighted by atomic mass is 32.1. The van der Waals surface area contributed by atoms with E-state index in [9.17, 15) is 13.6 Å². The molecule has 4 rings (SSSR count). The van der Waals surface area contributed by atoms with Gasteiger partial charge >= 0.3 is 5.69 Å². The Bertz CT molecular complexity index is 1120. The van der Waals surface area contributed by atoms with Gasteiger partial charge in [0, 0.05) is 34.5 Å². The van der Waals surface area contributed by atoms with Crippen molar-refractivity contribution in [2.24, 2.45) is 5.73 Å². The van der Waals surface area contributed by atoms with E-state index >= 15 is 0 Å². The monoisotopic (exact) mass is 419 g/mol. The highest BCUT2D eigenvalue weighted by molar-refractivity contribution is 7.15. The zero-order valence-corrected chi connectivity index (χ0v) is 16.2. The largest absolute Gasteiger partial charge is 0.489 e.